The molecule has 0 aromatic heterocycles. The van der Waals surface area contributed by atoms with Gasteiger partial charge < -0.3 is 42.3 Å². The number of hydrogen-bond donors (Lipinski definition) is 0. The van der Waals surface area contributed by atoms with Gasteiger partial charge in [-0.1, -0.05) is 118 Å². The van der Waals surface area contributed by atoms with Crippen LogP contribution in [0.5, 0.6) is 0 Å². The Hall–Kier alpha value is -8.50. The van der Waals surface area contributed by atoms with E-state index in [2.05, 4.69) is 0 Å². The van der Waals surface area contributed by atoms with Crippen molar-refractivity contribution in [3.63, 3.8) is 0 Å². The third-order valence-electron chi connectivity index (χ3n) is 15.5. The molecule has 5 unspecified atom stereocenters. The number of imide groups is 2. The smallest absolute Gasteiger partial charge is 0.338 e. The van der Waals surface area contributed by atoms with Crippen LogP contribution in [-0.4, -0.2) is 147 Å². The molecule has 83 heavy (non-hydrogen) atoms. The Labute approximate surface area is 479 Å². The molecule has 0 bridgehead atoms. The summed E-state index contributed by atoms with van der Waals surface area (Å²) >= 11 is 0. The Kier molecular flexibility index (Phi) is 16.8. The maximum absolute atomic E-state index is 15.2. The minimum absolute atomic E-state index is 0.0137. The second-order valence-electron chi connectivity index (χ2n) is 21.7. The topological polar surface area (TPSA) is 226 Å². The van der Waals surface area contributed by atoms with E-state index in [0.717, 1.165) is 9.80 Å². The molecule has 2 saturated heterocycles. The van der Waals surface area contributed by atoms with E-state index in [9.17, 15) is 28.8 Å². The standard InChI is InChI=1S/C63H60N2O17Si/c1-63(2,3)83(5,6)82-50-46(36-76-58(71)38-25-13-8-14-26-38)78-62(48(52(50)80-60(73)40-29-17-10-18-30-40)65-55(68)43-33-21-22-34-44(43)56(65)69)81-49-45(35-75-57(70)37-23-11-7-12-24-37)77-61(74-4)47(51(49)79-59(72)39-27-15-9-16-28-39)64-53(66)41-31-19-20-32-42(41)54(64)67/h7-34,45-52,61-62H,35-36H2,1-6H3/t45?,46?,47?,48?,49-,50?,51+,52-,61+,62+/m1/s1. The van der Waals surface area contributed by atoms with Gasteiger partial charge in [0.2, 0.25) is 0 Å². The number of benzene rings is 6. The molecular formula is C63H60N2O17Si. The summed E-state index contributed by atoms with van der Waals surface area (Å²) in [5.41, 5.74) is 0.417. The van der Waals surface area contributed by atoms with E-state index in [-0.39, 0.29) is 44.5 Å². The fraction of sp³-hybridized carbons (Fsp3) is 0.302. The number of carbonyl (C=O) groups is 8. The first kappa shape index (κ1) is 57.7. The summed E-state index contributed by atoms with van der Waals surface area (Å²) in [4.78, 5) is 119. The van der Waals surface area contributed by atoms with E-state index in [1.165, 1.54) is 67.8 Å². The minimum Gasteiger partial charge on any atom is -0.459 e. The first-order valence-corrected chi connectivity index (χ1v) is 29.8. The second kappa shape index (κ2) is 24.1. The van der Waals surface area contributed by atoms with Gasteiger partial charge in [0.25, 0.3) is 23.6 Å². The highest BCUT2D eigenvalue weighted by molar-refractivity contribution is 6.74. The first-order valence-electron chi connectivity index (χ1n) is 26.9. The number of ether oxygens (including phenoxy) is 8. The number of hydrogen-bond acceptors (Lipinski definition) is 17. The van der Waals surface area contributed by atoms with Gasteiger partial charge in [-0.25, -0.2) is 19.2 Å². The number of nitrogens with zero attached hydrogens (tertiary/aromatic N) is 2. The highest BCUT2D eigenvalue weighted by Gasteiger charge is 2.62. The van der Waals surface area contributed by atoms with Crippen molar-refractivity contribution < 1.29 is 80.7 Å². The average Bonchev–Trinajstić information content (AvgIpc) is 2.60. The quantitative estimate of drug-likeness (QED) is 0.0362. The van der Waals surface area contributed by atoms with Gasteiger partial charge in [0.15, 0.2) is 33.1 Å². The Bertz CT molecular complexity index is 3340. The molecule has 4 aliphatic rings. The maximum atomic E-state index is 15.2. The summed E-state index contributed by atoms with van der Waals surface area (Å²) < 4.78 is 59.2. The Balaban J connectivity index is 1.17. The Morgan fingerprint density at radius 3 is 1.12 bits per heavy atom. The third-order valence-corrected chi connectivity index (χ3v) is 20.0. The molecular weight excluding hydrogens is 1080 g/mol. The SMILES string of the molecule is CO[C@H]1OC(COC(=O)c2ccccc2)[C@@H](O[C@@H]2OC(COC(=O)c3ccccc3)C(O[Si](C)(C)C(C)(C)C)[C@H](OC(=O)c3ccccc3)C2N2C(=O)c3ccccc3C2=O)[C@@H](OC(=O)c2ccccc2)C1N1C(=O)c2ccccc2C1=O. The predicted octanol–water partition coefficient (Wildman–Crippen LogP) is 8.35. The molecule has 19 nitrogen and oxygen atoms in total. The van der Waals surface area contributed by atoms with Crippen LogP contribution in [0.2, 0.25) is 18.1 Å². The number of esters is 4. The molecule has 0 saturated carbocycles. The molecule has 0 aliphatic carbocycles. The molecule has 4 amide bonds. The molecule has 0 radical (unpaired) electrons. The summed E-state index contributed by atoms with van der Waals surface area (Å²) in [6.07, 6.45) is -13.7. The molecule has 4 heterocycles. The number of amides is 4. The van der Waals surface area contributed by atoms with Crippen molar-refractivity contribution in [3.05, 3.63) is 214 Å². The Morgan fingerprint density at radius 1 is 0.446 bits per heavy atom. The van der Waals surface area contributed by atoms with Crippen molar-refractivity contribution in [2.24, 2.45) is 0 Å². The lowest BCUT2D eigenvalue weighted by atomic mass is 9.92. The van der Waals surface area contributed by atoms with Crippen LogP contribution < -0.4 is 0 Å². The van der Waals surface area contributed by atoms with Crippen LogP contribution in [0.3, 0.4) is 0 Å². The van der Waals surface area contributed by atoms with Crippen LogP contribution in [-0.2, 0) is 42.3 Å². The molecule has 4 aliphatic heterocycles. The lowest BCUT2D eigenvalue weighted by Gasteiger charge is -2.53. The van der Waals surface area contributed by atoms with E-state index in [0.29, 0.717) is 0 Å². The van der Waals surface area contributed by atoms with Gasteiger partial charge in [-0.15, -0.1) is 0 Å². The van der Waals surface area contributed by atoms with Crippen molar-refractivity contribution in [2.75, 3.05) is 20.3 Å². The third kappa shape index (κ3) is 11.7. The molecule has 6 aromatic rings. The van der Waals surface area contributed by atoms with E-state index < -0.39 is 135 Å². The van der Waals surface area contributed by atoms with Crippen molar-refractivity contribution in [3.8, 4) is 0 Å². The van der Waals surface area contributed by atoms with E-state index in [1.54, 1.807) is 109 Å². The van der Waals surface area contributed by atoms with Gasteiger partial charge in [0.1, 0.15) is 49.7 Å². The molecule has 428 valence electrons. The zero-order valence-electron chi connectivity index (χ0n) is 46.2. The number of methoxy groups -OCH3 is 1. The van der Waals surface area contributed by atoms with Crippen LogP contribution >= 0.6 is 0 Å². The summed E-state index contributed by atoms with van der Waals surface area (Å²) in [6.45, 7) is 8.44. The molecule has 20 heteroatoms. The van der Waals surface area contributed by atoms with Gasteiger partial charge in [-0.3, -0.25) is 29.0 Å². The van der Waals surface area contributed by atoms with Crippen molar-refractivity contribution in [1.29, 1.82) is 0 Å². The highest BCUT2D eigenvalue weighted by atomic mass is 28.4. The number of carbonyl (C=O) groups excluding carboxylic acids is 8. The molecule has 10 atom stereocenters. The van der Waals surface area contributed by atoms with E-state index in [4.69, 9.17) is 42.3 Å². The Morgan fingerprint density at radius 2 is 0.759 bits per heavy atom. The summed E-state index contributed by atoms with van der Waals surface area (Å²) in [5.74, 6) is -6.82. The van der Waals surface area contributed by atoms with Crippen molar-refractivity contribution in [1.82, 2.24) is 9.80 Å². The van der Waals surface area contributed by atoms with Gasteiger partial charge in [-0.2, -0.15) is 0 Å². The van der Waals surface area contributed by atoms with Crippen molar-refractivity contribution in [2.45, 2.75) is 100 Å². The predicted molar refractivity (Wildman–Crippen MR) is 297 cm³/mol. The zero-order chi connectivity index (χ0) is 58.7. The minimum atomic E-state index is -3.11. The van der Waals surface area contributed by atoms with Crippen LogP contribution in [0.1, 0.15) is 104 Å². The van der Waals surface area contributed by atoms with Crippen LogP contribution in [0, 0.1) is 0 Å². The highest BCUT2D eigenvalue weighted by Crippen LogP contribution is 2.44. The second-order valence-corrected chi connectivity index (χ2v) is 26.5. The van der Waals surface area contributed by atoms with Crippen LogP contribution in [0.15, 0.2) is 170 Å². The van der Waals surface area contributed by atoms with Crippen LogP contribution in [0.4, 0.5) is 0 Å². The maximum Gasteiger partial charge on any atom is 0.338 e. The lowest BCUT2D eigenvalue weighted by Crippen LogP contribution is -2.72. The molecule has 6 aromatic carbocycles. The summed E-state index contributed by atoms with van der Waals surface area (Å²) in [7, 11) is -1.87. The molecule has 0 N–H and O–H groups in total. The first-order chi connectivity index (χ1) is 39.9. The normalized spacial score (nSPS) is 24.2. The van der Waals surface area contributed by atoms with Crippen LogP contribution in [0.25, 0.3) is 0 Å². The monoisotopic (exact) mass is 1140 g/mol. The van der Waals surface area contributed by atoms with Gasteiger partial charge in [0, 0.05) is 7.11 Å². The van der Waals surface area contributed by atoms with Gasteiger partial charge in [-0.05, 0) is 90.9 Å². The van der Waals surface area contributed by atoms with Gasteiger partial charge in [0.05, 0.1) is 44.5 Å². The molecule has 2 fully saturated rings. The van der Waals surface area contributed by atoms with E-state index in [1.807, 2.05) is 33.9 Å². The zero-order valence-corrected chi connectivity index (χ0v) is 47.2. The molecule has 0 spiro atoms. The largest absolute Gasteiger partial charge is 0.459 e. The number of rotatable bonds is 17. The molecule has 10 rings (SSSR count). The van der Waals surface area contributed by atoms with Gasteiger partial charge >= 0.3 is 23.9 Å². The number of fused-ring (bicyclic) bond motifs is 2. The summed E-state index contributed by atoms with van der Waals surface area (Å²) in [5, 5.41) is -0.554. The summed E-state index contributed by atoms with van der Waals surface area (Å²) in [6, 6.07) is 40.4. The fourth-order valence-corrected chi connectivity index (χ4v) is 11.6. The average molecular weight is 1150 g/mol. The van der Waals surface area contributed by atoms with E-state index >= 15 is 9.59 Å². The van der Waals surface area contributed by atoms with Crippen molar-refractivity contribution >= 4 is 55.8 Å². The fourth-order valence-electron chi connectivity index (χ4n) is 10.3. The lowest BCUT2D eigenvalue weighted by molar-refractivity contribution is -0.336.